The van der Waals surface area contributed by atoms with Gasteiger partial charge in [0.2, 0.25) is 0 Å². The van der Waals surface area contributed by atoms with E-state index in [0.717, 1.165) is 44.6 Å². The fraction of sp³-hybridized carbons (Fsp3) is 0.391. The lowest BCUT2D eigenvalue weighted by Gasteiger charge is -2.28. The molecule has 1 aliphatic rings. The van der Waals surface area contributed by atoms with Crippen LogP contribution in [0.25, 0.3) is 0 Å². The smallest absolute Gasteiger partial charge is 0.253 e. The van der Waals surface area contributed by atoms with Gasteiger partial charge in [-0.1, -0.05) is 31.2 Å². The minimum absolute atomic E-state index is 0.150. The number of rotatable bonds is 6. The lowest BCUT2D eigenvalue weighted by molar-refractivity contribution is 0.0793. The average Bonchev–Trinajstić information content (AvgIpc) is 3.26. The highest BCUT2D eigenvalue weighted by Crippen LogP contribution is 2.23. The van der Waals surface area contributed by atoms with Crippen molar-refractivity contribution >= 4 is 5.91 Å². The number of carbonyl (C=O) groups is 1. The summed E-state index contributed by atoms with van der Waals surface area (Å²) in [7, 11) is 0. The molecule has 1 heterocycles. The monoisotopic (exact) mass is 361 g/mol. The molecule has 2 aromatic rings. The van der Waals surface area contributed by atoms with Gasteiger partial charge in [0.1, 0.15) is 0 Å². The second kappa shape index (κ2) is 8.83. The van der Waals surface area contributed by atoms with Crippen LogP contribution in [-0.2, 0) is 6.54 Å². The van der Waals surface area contributed by atoms with Crippen LogP contribution >= 0.6 is 0 Å². The molecule has 27 heavy (non-hydrogen) atoms. The van der Waals surface area contributed by atoms with Crippen LogP contribution in [0, 0.1) is 11.3 Å². The summed E-state index contributed by atoms with van der Waals surface area (Å²) >= 11 is 0. The van der Waals surface area contributed by atoms with E-state index in [4.69, 9.17) is 5.26 Å². The zero-order chi connectivity index (χ0) is 19.2. The Morgan fingerprint density at radius 1 is 1.11 bits per heavy atom. The van der Waals surface area contributed by atoms with Gasteiger partial charge in [0.25, 0.3) is 5.91 Å². The minimum Gasteiger partial charge on any atom is -0.339 e. The number of benzene rings is 2. The highest BCUT2D eigenvalue weighted by atomic mass is 16.2. The highest BCUT2D eigenvalue weighted by molar-refractivity contribution is 5.94. The third-order valence-electron chi connectivity index (χ3n) is 5.46. The van der Waals surface area contributed by atoms with E-state index in [1.165, 1.54) is 11.1 Å². The Morgan fingerprint density at radius 3 is 2.30 bits per heavy atom. The molecule has 0 radical (unpaired) electrons. The molecule has 1 unspecified atom stereocenters. The Kier molecular flexibility index (Phi) is 6.26. The predicted octanol–water partition coefficient (Wildman–Crippen LogP) is 4.38. The van der Waals surface area contributed by atoms with E-state index < -0.39 is 0 Å². The molecule has 0 saturated carbocycles. The molecule has 1 fully saturated rings. The summed E-state index contributed by atoms with van der Waals surface area (Å²) in [6.07, 6.45) is 2.23. The van der Waals surface area contributed by atoms with Crippen LogP contribution in [0.15, 0.2) is 48.5 Å². The zero-order valence-corrected chi connectivity index (χ0v) is 16.2. The maximum atomic E-state index is 12.5. The van der Waals surface area contributed by atoms with Gasteiger partial charge >= 0.3 is 0 Å². The van der Waals surface area contributed by atoms with Crippen molar-refractivity contribution in [2.75, 3.05) is 19.6 Å². The number of hydrogen-bond acceptors (Lipinski definition) is 3. The number of carbonyl (C=O) groups excluding carboxylic acids is 1. The second-order valence-electron chi connectivity index (χ2n) is 7.17. The van der Waals surface area contributed by atoms with Crippen molar-refractivity contribution in [1.29, 1.82) is 5.26 Å². The predicted molar refractivity (Wildman–Crippen MR) is 107 cm³/mol. The van der Waals surface area contributed by atoms with Gasteiger partial charge in [-0.15, -0.1) is 0 Å². The van der Waals surface area contributed by atoms with Gasteiger partial charge in [0.05, 0.1) is 11.6 Å². The van der Waals surface area contributed by atoms with Crippen LogP contribution in [0.5, 0.6) is 0 Å². The summed E-state index contributed by atoms with van der Waals surface area (Å²) in [6.45, 7) is 7.87. The van der Waals surface area contributed by atoms with Gasteiger partial charge in [-0.2, -0.15) is 5.26 Å². The van der Waals surface area contributed by atoms with Crippen molar-refractivity contribution in [3.63, 3.8) is 0 Å². The first-order chi connectivity index (χ1) is 13.1. The lowest BCUT2D eigenvalue weighted by atomic mass is 10.0. The summed E-state index contributed by atoms with van der Waals surface area (Å²) < 4.78 is 0. The van der Waals surface area contributed by atoms with E-state index in [1.807, 2.05) is 41.3 Å². The number of likely N-dealkylation sites (tertiary alicyclic amines) is 1. The maximum Gasteiger partial charge on any atom is 0.253 e. The van der Waals surface area contributed by atoms with Gasteiger partial charge in [-0.05, 0) is 61.7 Å². The molecular weight excluding hydrogens is 334 g/mol. The molecule has 1 saturated heterocycles. The van der Waals surface area contributed by atoms with Gasteiger partial charge in [-0.3, -0.25) is 9.69 Å². The molecule has 4 heteroatoms. The van der Waals surface area contributed by atoms with Crippen molar-refractivity contribution in [2.24, 2.45) is 0 Å². The Labute approximate surface area is 162 Å². The van der Waals surface area contributed by atoms with Crippen LogP contribution in [0.4, 0.5) is 0 Å². The number of nitrogens with zero attached hydrogens (tertiary/aromatic N) is 3. The molecule has 4 nitrogen and oxygen atoms in total. The molecule has 0 spiro atoms. The fourth-order valence-electron chi connectivity index (χ4n) is 3.66. The molecule has 3 rings (SSSR count). The van der Waals surface area contributed by atoms with Crippen molar-refractivity contribution in [2.45, 2.75) is 39.3 Å². The summed E-state index contributed by atoms with van der Waals surface area (Å²) in [4.78, 5) is 16.8. The van der Waals surface area contributed by atoms with Crippen molar-refractivity contribution in [3.05, 3.63) is 70.8 Å². The third kappa shape index (κ3) is 4.56. The molecule has 140 valence electrons. The summed E-state index contributed by atoms with van der Waals surface area (Å²) in [5.74, 6) is 0.150. The van der Waals surface area contributed by atoms with E-state index in [-0.39, 0.29) is 11.9 Å². The first-order valence-corrected chi connectivity index (χ1v) is 9.74. The first-order valence-electron chi connectivity index (χ1n) is 9.74. The largest absolute Gasteiger partial charge is 0.339 e. The number of hydrogen-bond donors (Lipinski definition) is 0. The van der Waals surface area contributed by atoms with Gasteiger partial charge < -0.3 is 4.90 Å². The lowest BCUT2D eigenvalue weighted by Crippen LogP contribution is -2.28. The van der Waals surface area contributed by atoms with Crippen LogP contribution in [-0.4, -0.2) is 35.3 Å². The van der Waals surface area contributed by atoms with Gasteiger partial charge in [0, 0.05) is 31.2 Å². The summed E-state index contributed by atoms with van der Waals surface area (Å²) in [5.41, 5.74) is 3.88. The van der Waals surface area contributed by atoms with E-state index in [0.29, 0.717) is 5.56 Å². The Balaban J connectivity index is 1.66. The van der Waals surface area contributed by atoms with Crippen LogP contribution in [0.1, 0.15) is 59.8 Å². The van der Waals surface area contributed by atoms with Crippen LogP contribution in [0.2, 0.25) is 0 Å². The van der Waals surface area contributed by atoms with E-state index in [1.54, 1.807) is 0 Å². The average molecular weight is 361 g/mol. The molecule has 0 bridgehead atoms. The van der Waals surface area contributed by atoms with Crippen LogP contribution < -0.4 is 0 Å². The van der Waals surface area contributed by atoms with Gasteiger partial charge in [-0.25, -0.2) is 0 Å². The highest BCUT2D eigenvalue weighted by Gasteiger charge is 2.19. The third-order valence-corrected chi connectivity index (χ3v) is 5.46. The van der Waals surface area contributed by atoms with Crippen molar-refractivity contribution in [1.82, 2.24) is 9.80 Å². The second-order valence-corrected chi connectivity index (χ2v) is 7.17. The van der Waals surface area contributed by atoms with Crippen molar-refractivity contribution in [3.8, 4) is 6.07 Å². The maximum absolute atomic E-state index is 12.5. The topological polar surface area (TPSA) is 47.3 Å². The molecule has 0 N–H and O–H groups in total. The molecule has 1 amide bonds. The number of nitriles is 1. The van der Waals surface area contributed by atoms with E-state index in [2.05, 4.69) is 36.9 Å². The quantitative estimate of drug-likeness (QED) is 0.767. The zero-order valence-electron chi connectivity index (χ0n) is 16.2. The minimum atomic E-state index is 0.150. The number of amides is 1. The normalized spacial score (nSPS) is 15.0. The van der Waals surface area contributed by atoms with Crippen LogP contribution in [0.3, 0.4) is 0 Å². The standard InChI is InChI=1S/C23H27N3O/c1-3-25(18(2)21-10-6-19(16-24)7-11-21)17-20-8-12-22(13-9-20)23(27)26-14-4-5-15-26/h6-13,18H,3-5,14-15,17H2,1-2H3. The Morgan fingerprint density at radius 2 is 1.74 bits per heavy atom. The molecule has 1 aliphatic heterocycles. The fourth-order valence-corrected chi connectivity index (χ4v) is 3.66. The molecule has 1 atom stereocenters. The molecule has 0 aromatic heterocycles. The molecular formula is C23H27N3O. The Hall–Kier alpha value is -2.64. The van der Waals surface area contributed by atoms with Crippen molar-refractivity contribution < 1.29 is 4.79 Å². The molecule has 0 aliphatic carbocycles. The van der Waals surface area contributed by atoms with E-state index >= 15 is 0 Å². The van der Waals surface area contributed by atoms with Gasteiger partial charge in [0.15, 0.2) is 0 Å². The first kappa shape index (κ1) is 19.1. The molecule has 2 aromatic carbocycles. The summed E-state index contributed by atoms with van der Waals surface area (Å²) in [5, 5.41) is 8.96. The SMILES string of the molecule is CCN(Cc1ccc(C(=O)N2CCCC2)cc1)C(C)c1ccc(C#N)cc1. The van der Waals surface area contributed by atoms with E-state index in [9.17, 15) is 4.79 Å². The summed E-state index contributed by atoms with van der Waals surface area (Å²) in [6, 6.07) is 18.3. The Bertz CT molecular complexity index is 799.